The molecule has 0 aliphatic carbocycles. The molecule has 0 amide bonds. The number of nitrogens with two attached hydrogens (primary N) is 1. The van der Waals surface area contributed by atoms with Crippen molar-refractivity contribution in [1.29, 1.82) is 0 Å². The third kappa shape index (κ3) is 22.4. The Kier molecular flexibility index (Phi) is 26.4. The van der Waals surface area contributed by atoms with Crippen LogP contribution in [0.2, 0.25) is 0 Å². The van der Waals surface area contributed by atoms with Crippen molar-refractivity contribution >= 4 is 11.9 Å². The number of nitrogens with zero attached hydrogens (tertiary/aromatic N) is 2. The second-order valence-electron chi connectivity index (χ2n) is 12.5. The Bertz CT molecular complexity index is 585. The predicted octanol–water partition coefficient (Wildman–Crippen LogP) is 7.64. The van der Waals surface area contributed by atoms with E-state index in [1.54, 1.807) is 0 Å². The molecule has 7 nitrogen and oxygen atoms in total. The number of hydrogen-bond donors (Lipinski definition) is 1. The van der Waals surface area contributed by atoms with Gasteiger partial charge in [0, 0.05) is 45.1 Å². The van der Waals surface area contributed by atoms with Gasteiger partial charge >= 0.3 is 11.9 Å². The van der Waals surface area contributed by atoms with Crippen molar-refractivity contribution in [3.8, 4) is 0 Å². The van der Waals surface area contributed by atoms with Gasteiger partial charge in [0.15, 0.2) is 0 Å². The summed E-state index contributed by atoms with van der Waals surface area (Å²) < 4.78 is 11.2. The third-order valence-electron chi connectivity index (χ3n) is 8.77. The maximum absolute atomic E-state index is 12.3. The van der Waals surface area contributed by atoms with Crippen LogP contribution in [0.25, 0.3) is 0 Å². The lowest BCUT2D eigenvalue weighted by atomic mass is 10.0. The Balaban J connectivity index is 2.25. The summed E-state index contributed by atoms with van der Waals surface area (Å²) in [5.74, 6) is -0.161. The maximum atomic E-state index is 12.3. The molecule has 7 heteroatoms. The molecule has 2 N–H and O–H groups in total. The topological polar surface area (TPSA) is 85.1 Å². The predicted molar refractivity (Wildman–Crippen MR) is 176 cm³/mol. The summed E-state index contributed by atoms with van der Waals surface area (Å²) in [7, 11) is 0. The molecule has 248 valence electrons. The number of ether oxygens (including phenoxy) is 2. The van der Waals surface area contributed by atoms with Crippen LogP contribution in [0.3, 0.4) is 0 Å². The van der Waals surface area contributed by atoms with E-state index in [9.17, 15) is 9.59 Å². The smallest absolute Gasteiger partial charge is 0.305 e. The van der Waals surface area contributed by atoms with Crippen LogP contribution < -0.4 is 5.73 Å². The van der Waals surface area contributed by atoms with Crippen LogP contribution in [0, 0.1) is 0 Å². The zero-order valence-electron chi connectivity index (χ0n) is 27.9. The molecule has 0 aromatic heterocycles. The van der Waals surface area contributed by atoms with Gasteiger partial charge in [-0.05, 0) is 38.8 Å². The Morgan fingerprint density at radius 2 is 1.02 bits per heavy atom. The van der Waals surface area contributed by atoms with Crippen LogP contribution in [0.15, 0.2) is 0 Å². The Labute approximate surface area is 260 Å². The molecule has 0 atom stereocenters. The van der Waals surface area contributed by atoms with Crippen LogP contribution in [-0.2, 0) is 19.1 Å². The summed E-state index contributed by atoms with van der Waals surface area (Å²) in [5, 5.41) is 0. The fraction of sp³-hybridized carbons (Fsp3) is 0.943. The van der Waals surface area contributed by atoms with E-state index in [1.165, 1.54) is 89.9 Å². The number of likely N-dealkylation sites (tertiary alicyclic amines) is 1. The molecule has 1 aliphatic heterocycles. The fourth-order valence-electron chi connectivity index (χ4n) is 6.03. The van der Waals surface area contributed by atoms with E-state index in [4.69, 9.17) is 15.2 Å². The second kappa shape index (κ2) is 28.6. The number of rotatable bonds is 29. The second-order valence-corrected chi connectivity index (χ2v) is 12.5. The third-order valence-corrected chi connectivity index (χ3v) is 8.77. The minimum atomic E-state index is -0.0805. The summed E-state index contributed by atoms with van der Waals surface area (Å²) in [6.45, 7) is 10.4. The van der Waals surface area contributed by atoms with E-state index in [0.29, 0.717) is 51.7 Å². The first-order chi connectivity index (χ1) is 20.6. The Morgan fingerprint density at radius 3 is 1.40 bits per heavy atom. The van der Waals surface area contributed by atoms with E-state index in [2.05, 4.69) is 23.6 Å². The number of esters is 2. The number of unbranched alkanes of at least 4 members (excludes halogenated alkanes) is 16. The lowest BCUT2D eigenvalue weighted by molar-refractivity contribution is -0.145. The van der Waals surface area contributed by atoms with Gasteiger partial charge in [0.05, 0.1) is 0 Å². The normalized spacial score (nSPS) is 14.5. The first-order valence-electron chi connectivity index (χ1n) is 18.1. The van der Waals surface area contributed by atoms with E-state index < -0.39 is 0 Å². The molecular weight excluding hydrogens is 526 g/mol. The largest absolute Gasteiger partial charge is 0.464 e. The molecule has 1 heterocycles. The highest BCUT2D eigenvalue weighted by Gasteiger charge is 2.24. The maximum Gasteiger partial charge on any atom is 0.305 e. The fourth-order valence-corrected chi connectivity index (χ4v) is 6.03. The van der Waals surface area contributed by atoms with Gasteiger partial charge in [0.2, 0.25) is 0 Å². The van der Waals surface area contributed by atoms with Crippen molar-refractivity contribution in [1.82, 2.24) is 9.80 Å². The van der Waals surface area contributed by atoms with Crippen LogP contribution in [0.4, 0.5) is 0 Å². The molecule has 0 bridgehead atoms. The number of carbonyl (C=O) groups excluding carboxylic acids is 2. The van der Waals surface area contributed by atoms with Crippen molar-refractivity contribution in [2.24, 2.45) is 5.73 Å². The molecule has 42 heavy (non-hydrogen) atoms. The highest BCUT2D eigenvalue weighted by molar-refractivity contribution is 5.69. The van der Waals surface area contributed by atoms with E-state index >= 15 is 0 Å². The van der Waals surface area contributed by atoms with E-state index in [-0.39, 0.29) is 11.9 Å². The lowest BCUT2D eigenvalue weighted by Crippen LogP contribution is -2.48. The molecule has 0 spiro atoms. The molecule has 1 aliphatic rings. The molecule has 1 saturated heterocycles. The zero-order valence-corrected chi connectivity index (χ0v) is 27.9. The van der Waals surface area contributed by atoms with Gasteiger partial charge in [-0.25, -0.2) is 0 Å². The van der Waals surface area contributed by atoms with E-state index in [0.717, 1.165) is 58.2 Å². The molecule has 0 radical (unpaired) electrons. The molecule has 0 unspecified atom stereocenters. The van der Waals surface area contributed by atoms with Gasteiger partial charge < -0.3 is 20.1 Å². The van der Waals surface area contributed by atoms with E-state index in [1.807, 2.05) is 0 Å². The monoisotopic (exact) mass is 596 g/mol. The van der Waals surface area contributed by atoms with Gasteiger partial charge in [-0.2, -0.15) is 0 Å². The van der Waals surface area contributed by atoms with Crippen molar-refractivity contribution in [3.63, 3.8) is 0 Å². The molecule has 0 aromatic rings. The quantitative estimate of drug-likeness (QED) is 0.0702. The number of piperidine rings is 1. The Morgan fingerprint density at radius 1 is 0.643 bits per heavy atom. The summed E-state index contributed by atoms with van der Waals surface area (Å²) in [5.41, 5.74) is 5.75. The molecule has 1 rings (SSSR count). The van der Waals surface area contributed by atoms with Crippen molar-refractivity contribution in [2.75, 3.05) is 52.5 Å². The van der Waals surface area contributed by atoms with Crippen LogP contribution in [0.5, 0.6) is 0 Å². The lowest BCUT2D eigenvalue weighted by Gasteiger charge is -2.38. The van der Waals surface area contributed by atoms with Gasteiger partial charge in [-0.3, -0.25) is 14.5 Å². The summed E-state index contributed by atoms with van der Waals surface area (Å²) in [6, 6.07) is 0.422. The van der Waals surface area contributed by atoms with Crippen LogP contribution in [-0.4, -0.2) is 80.3 Å². The molecule has 1 fully saturated rings. The van der Waals surface area contributed by atoms with Gasteiger partial charge in [0.1, 0.15) is 13.2 Å². The minimum absolute atomic E-state index is 0.0805. The molecule has 0 saturated carbocycles. The van der Waals surface area contributed by atoms with Crippen LogP contribution in [0.1, 0.15) is 155 Å². The van der Waals surface area contributed by atoms with Gasteiger partial charge in [-0.1, -0.05) is 117 Å². The summed E-state index contributed by atoms with van der Waals surface area (Å²) in [4.78, 5) is 29.4. The summed E-state index contributed by atoms with van der Waals surface area (Å²) >= 11 is 0. The van der Waals surface area contributed by atoms with Gasteiger partial charge in [0.25, 0.3) is 0 Å². The number of carbonyl (C=O) groups is 2. The molecular formula is C35H69N3O4. The highest BCUT2D eigenvalue weighted by Crippen LogP contribution is 2.17. The SMILES string of the molecule is CCCCCCCCCCCC(=O)OCCN(CCOC(=O)CCCCCCCCCCC)C1CCN(CCN)CC1. The minimum Gasteiger partial charge on any atom is -0.464 e. The highest BCUT2D eigenvalue weighted by atomic mass is 16.5. The molecule has 0 aromatic carbocycles. The average Bonchev–Trinajstić information content (AvgIpc) is 2.99. The van der Waals surface area contributed by atoms with Crippen molar-refractivity contribution in [3.05, 3.63) is 0 Å². The zero-order chi connectivity index (χ0) is 30.5. The van der Waals surface area contributed by atoms with Crippen molar-refractivity contribution in [2.45, 2.75) is 161 Å². The van der Waals surface area contributed by atoms with Crippen LogP contribution >= 0.6 is 0 Å². The average molecular weight is 596 g/mol. The van der Waals surface area contributed by atoms with Crippen molar-refractivity contribution < 1.29 is 19.1 Å². The van der Waals surface area contributed by atoms with Gasteiger partial charge in [-0.15, -0.1) is 0 Å². The number of hydrogen-bond acceptors (Lipinski definition) is 7. The standard InChI is InChI=1S/C35H69N3O4/c1-3-5-7-9-11-13-15-17-19-21-34(39)41-31-29-38(33-23-26-37(27-24-33)28-25-36)30-32-42-35(40)22-20-18-16-14-12-10-8-6-4-2/h33H,3-32,36H2,1-2H3. The first-order valence-corrected chi connectivity index (χ1v) is 18.1. The summed E-state index contributed by atoms with van der Waals surface area (Å²) in [6.07, 6.45) is 25.6. The first kappa shape index (κ1) is 38.8. The Hall–Kier alpha value is -1.18.